The van der Waals surface area contributed by atoms with Crippen molar-refractivity contribution < 1.29 is 9.21 Å². The number of rotatable bonds is 4. The summed E-state index contributed by atoms with van der Waals surface area (Å²) in [6.45, 7) is 1.92. The molecule has 0 aliphatic heterocycles. The molecule has 3 heteroatoms. The first-order valence-corrected chi connectivity index (χ1v) is 5.23. The highest BCUT2D eigenvalue weighted by molar-refractivity contribution is 5.97. The first kappa shape index (κ1) is 10.6. The number of hydrogen-bond acceptors (Lipinski definition) is 3. The monoisotopic (exact) mass is 215 g/mol. The van der Waals surface area contributed by atoms with Crippen LogP contribution in [0.15, 0.2) is 41.3 Å². The van der Waals surface area contributed by atoms with Crippen molar-refractivity contribution in [1.29, 1.82) is 0 Å². The first-order chi connectivity index (χ1) is 7.77. The maximum atomic E-state index is 11.9. The van der Waals surface area contributed by atoms with Gasteiger partial charge in [0.2, 0.25) is 0 Å². The molecule has 2 rings (SSSR count). The maximum absolute atomic E-state index is 11.9. The summed E-state index contributed by atoms with van der Waals surface area (Å²) >= 11 is 0. The Balaban J connectivity index is 2.01. The van der Waals surface area contributed by atoms with Crippen LogP contribution in [0, 0.1) is 6.92 Å². The van der Waals surface area contributed by atoms with E-state index in [9.17, 15) is 4.79 Å². The van der Waals surface area contributed by atoms with Crippen molar-refractivity contribution in [3.8, 4) is 0 Å². The predicted molar refractivity (Wildman–Crippen MR) is 60.3 cm³/mol. The lowest BCUT2D eigenvalue weighted by Gasteiger charge is -2.02. The summed E-state index contributed by atoms with van der Waals surface area (Å²) in [5.74, 6) is 0.955. The van der Waals surface area contributed by atoms with Crippen LogP contribution < -0.4 is 0 Å². The summed E-state index contributed by atoms with van der Waals surface area (Å²) in [4.78, 5) is 15.8. The number of furan rings is 1. The molecule has 0 atom stereocenters. The summed E-state index contributed by atoms with van der Waals surface area (Å²) in [5, 5.41) is 0. The molecule has 2 aromatic heterocycles. The Morgan fingerprint density at radius 3 is 3.00 bits per heavy atom. The number of ketones is 1. The van der Waals surface area contributed by atoms with Gasteiger partial charge in [-0.3, -0.25) is 9.78 Å². The van der Waals surface area contributed by atoms with Gasteiger partial charge in [-0.05, 0) is 30.7 Å². The average molecular weight is 215 g/mol. The van der Waals surface area contributed by atoms with Crippen LogP contribution in [0.3, 0.4) is 0 Å². The number of aromatic nitrogens is 1. The molecule has 0 aliphatic carbocycles. The van der Waals surface area contributed by atoms with Gasteiger partial charge in [0.25, 0.3) is 0 Å². The minimum atomic E-state index is 0.113. The lowest BCUT2D eigenvalue weighted by Crippen LogP contribution is -2.03. The van der Waals surface area contributed by atoms with E-state index < -0.39 is 0 Å². The number of carbonyl (C=O) groups excluding carboxylic acids is 1. The van der Waals surface area contributed by atoms with Crippen LogP contribution in [-0.4, -0.2) is 10.8 Å². The molecule has 0 unspecified atom stereocenters. The van der Waals surface area contributed by atoms with E-state index in [1.807, 2.05) is 25.1 Å². The third-order valence-corrected chi connectivity index (χ3v) is 2.52. The first-order valence-electron chi connectivity index (χ1n) is 5.23. The average Bonchev–Trinajstić information content (AvgIpc) is 2.79. The third-order valence-electron chi connectivity index (χ3n) is 2.52. The fourth-order valence-electron chi connectivity index (χ4n) is 1.58. The van der Waals surface area contributed by atoms with E-state index in [2.05, 4.69) is 4.98 Å². The van der Waals surface area contributed by atoms with Crippen molar-refractivity contribution in [2.24, 2.45) is 0 Å². The molecule has 2 aromatic rings. The second-order valence-corrected chi connectivity index (χ2v) is 3.69. The van der Waals surface area contributed by atoms with Gasteiger partial charge in [-0.25, -0.2) is 0 Å². The number of hydrogen-bond donors (Lipinski definition) is 0. The molecule has 0 N–H and O–H groups in total. The summed E-state index contributed by atoms with van der Waals surface area (Å²) in [7, 11) is 0. The van der Waals surface area contributed by atoms with Gasteiger partial charge in [0.05, 0.1) is 6.26 Å². The zero-order valence-electron chi connectivity index (χ0n) is 9.14. The molecule has 0 radical (unpaired) electrons. The van der Waals surface area contributed by atoms with Crippen molar-refractivity contribution in [3.05, 3.63) is 53.7 Å². The second-order valence-electron chi connectivity index (χ2n) is 3.69. The van der Waals surface area contributed by atoms with Crippen LogP contribution >= 0.6 is 0 Å². The third kappa shape index (κ3) is 2.37. The Hall–Kier alpha value is -1.90. The summed E-state index contributed by atoms with van der Waals surface area (Å²) < 4.78 is 5.18. The van der Waals surface area contributed by atoms with Gasteiger partial charge in [-0.1, -0.05) is 0 Å². The van der Waals surface area contributed by atoms with Crippen LogP contribution in [-0.2, 0) is 6.42 Å². The van der Waals surface area contributed by atoms with E-state index in [1.165, 1.54) is 0 Å². The van der Waals surface area contributed by atoms with Crippen molar-refractivity contribution in [1.82, 2.24) is 4.98 Å². The topological polar surface area (TPSA) is 43.1 Å². The number of carbonyl (C=O) groups is 1. The second kappa shape index (κ2) is 4.75. The molecule has 2 heterocycles. The fourth-order valence-corrected chi connectivity index (χ4v) is 1.58. The predicted octanol–water partition coefficient (Wildman–Crippen LogP) is 2.80. The van der Waals surface area contributed by atoms with Gasteiger partial charge in [0, 0.05) is 30.8 Å². The normalized spacial score (nSPS) is 10.3. The van der Waals surface area contributed by atoms with E-state index in [0.29, 0.717) is 18.4 Å². The molecular weight excluding hydrogens is 202 g/mol. The zero-order valence-corrected chi connectivity index (χ0v) is 9.14. The van der Waals surface area contributed by atoms with Crippen molar-refractivity contribution >= 4 is 5.78 Å². The van der Waals surface area contributed by atoms with E-state index in [0.717, 1.165) is 11.3 Å². The molecule has 0 fully saturated rings. The van der Waals surface area contributed by atoms with Gasteiger partial charge in [0.1, 0.15) is 5.76 Å². The van der Waals surface area contributed by atoms with E-state index in [1.54, 1.807) is 18.7 Å². The molecule has 0 aromatic carbocycles. The van der Waals surface area contributed by atoms with Gasteiger partial charge in [0.15, 0.2) is 5.78 Å². The van der Waals surface area contributed by atoms with Gasteiger partial charge in [-0.15, -0.1) is 0 Å². The molecule has 3 nitrogen and oxygen atoms in total. The zero-order chi connectivity index (χ0) is 11.4. The highest BCUT2D eigenvalue weighted by Crippen LogP contribution is 2.11. The minimum absolute atomic E-state index is 0.113. The lowest BCUT2D eigenvalue weighted by atomic mass is 10.0. The number of aryl methyl sites for hydroxylation is 2. The fraction of sp³-hybridized carbons (Fsp3) is 0.231. The number of Topliss-reactive ketones (excluding diaryl/α,β-unsaturated/α-hetero) is 1. The molecule has 0 saturated carbocycles. The summed E-state index contributed by atoms with van der Waals surface area (Å²) in [5.41, 5.74) is 1.67. The van der Waals surface area contributed by atoms with Gasteiger partial charge >= 0.3 is 0 Å². The van der Waals surface area contributed by atoms with Crippen molar-refractivity contribution in [3.63, 3.8) is 0 Å². The Kier molecular flexibility index (Phi) is 3.15. The SMILES string of the molecule is Cc1ccncc1C(=O)CCc1ccco1. The Bertz CT molecular complexity index is 474. The maximum Gasteiger partial charge on any atom is 0.165 e. The quantitative estimate of drug-likeness (QED) is 0.736. The summed E-state index contributed by atoms with van der Waals surface area (Å²) in [6.07, 6.45) is 6.04. The van der Waals surface area contributed by atoms with Gasteiger partial charge in [-0.2, -0.15) is 0 Å². The lowest BCUT2D eigenvalue weighted by molar-refractivity contribution is 0.0980. The minimum Gasteiger partial charge on any atom is -0.469 e. The smallest absolute Gasteiger partial charge is 0.165 e. The largest absolute Gasteiger partial charge is 0.469 e. The number of nitrogens with zero attached hydrogens (tertiary/aromatic N) is 1. The van der Waals surface area contributed by atoms with E-state index in [4.69, 9.17) is 4.42 Å². The van der Waals surface area contributed by atoms with Crippen LogP contribution in [0.2, 0.25) is 0 Å². The molecule has 0 aliphatic rings. The van der Waals surface area contributed by atoms with Crippen LogP contribution in [0.1, 0.15) is 28.1 Å². The van der Waals surface area contributed by atoms with Crippen LogP contribution in [0.25, 0.3) is 0 Å². The van der Waals surface area contributed by atoms with Crippen LogP contribution in [0.5, 0.6) is 0 Å². The van der Waals surface area contributed by atoms with Crippen LogP contribution in [0.4, 0.5) is 0 Å². The Morgan fingerprint density at radius 2 is 2.31 bits per heavy atom. The molecule has 0 saturated heterocycles. The molecule has 16 heavy (non-hydrogen) atoms. The van der Waals surface area contributed by atoms with Crippen molar-refractivity contribution in [2.45, 2.75) is 19.8 Å². The standard InChI is InChI=1S/C13H13NO2/c1-10-6-7-14-9-12(10)13(15)5-4-11-3-2-8-16-11/h2-3,6-9H,4-5H2,1H3. The van der Waals surface area contributed by atoms with E-state index in [-0.39, 0.29) is 5.78 Å². The highest BCUT2D eigenvalue weighted by Gasteiger charge is 2.09. The molecule has 0 bridgehead atoms. The Labute approximate surface area is 94.1 Å². The molecule has 0 spiro atoms. The van der Waals surface area contributed by atoms with Crippen molar-refractivity contribution in [2.75, 3.05) is 0 Å². The van der Waals surface area contributed by atoms with Gasteiger partial charge < -0.3 is 4.42 Å². The molecule has 82 valence electrons. The van der Waals surface area contributed by atoms with E-state index >= 15 is 0 Å². The molecule has 0 amide bonds. The molecular formula is C13H13NO2. The summed E-state index contributed by atoms with van der Waals surface area (Å²) in [6, 6.07) is 5.55. The number of pyridine rings is 1. The Morgan fingerprint density at radius 1 is 1.44 bits per heavy atom. The highest BCUT2D eigenvalue weighted by atomic mass is 16.3.